The molecular formula is C22H34N4O5S. The number of carbonyl (C=O) groups excluding carboxylic acids is 1. The Balaban J connectivity index is 1.88. The molecule has 0 bridgehead atoms. The molecule has 1 saturated heterocycles. The second-order valence-electron chi connectivity index (χ2n) is 9.10. The van der Waals surface area contributed by atoms with Gasteiger partial charge in [0.25, 0.3) is 0 Å². The van der Waals surface area contributed by atoms with E-state index in [0.29, 0.717) is 44.0 Å². The molecule has 0 spiro atoms. The number of piperidine rings is 1. The molecule has 2 aliphatic heterocycles. The summed E-state index contributed by atoms with van der Waals surface area (Å²) in [5.41, 5.74) is 7.11. The van der Waals surface area contributed by atoms with Gasteiger partial charge in [0.15, 0.2) is 0 Å². The zero-order valence-electron chi connectivity index (χ0n) is 18.7. The maximum atomic E-state index is 13.3. The zero-order valence-corrected chi connectivity index (χ0v) is 19.5. The monoisotopic (exact) mass is 466 g/mol. The number of benzene rings is 1. The summed E-state index contributed by atoms with van der Waals surface area (Å²) in [7, 11) is -4.03. The summed E-state index contributed by atoms with van der Waals surface area (Å²) in [6, 6.07) is 3.11. The molecule has 0 unspecified atom stereocenters. The first-order valence-corrected chi connectivity index (χ1v) is 12.7. The van der Waals surface area contributed by atoms with Crippen LogP contribution in [-0.4, -0.2) is 62.0 Å². The summed E-state index contributed by atoms with van der Waals surface area (Å²) < 4.78 is 29.3. The summed E-state index contributed by atoms with van der Waals surface area (Å²) in [6.45, 7) is 5.30. The van der Waals surface area contributed by atoms with Crippen molar-refractivity contribution in [3.63, 3.8) is 0 Å². The number of sulfonamides is 1. The lowest BCUT2D eigenvalue weighted by Gasteiger charge is -2.38. The van der Waals surface area contributed by atoms with E-state index in [1.54, 1.807) is 6.07 Å². The number of fused-ring (bicyclic) bond motifs is 1. The number of nitrogens with two attached hydrogens (primary N) is 1. The zero-order chi connectivity index (χ0) is 23.5. The van der Waals surface area contributed by atoms with Gasteiger partial charge in [-0.1, -0.05) is 26.0 Å². The molecule has 2 aliphatic rings. The second kappa shape index (κ2) is 10.2. The molecule has 0 aromatic heterocycles. The highest BCUT2D eigenvalue weighted by atomic mass is 32.2. The number of para-hydroxylation sites is 1. The summed E-state index contributed by atoms with van der Waals surface area (Å²) in [5, 5.41) is 12.8. The van der Waals surface area contributed by atoms with Crippen LogP contribution in [0.25, 0.3) is 0 Å². The predicted octanol–water partition coefficient (Wildman–Crippen LogP) is 1.39. The summed E-state index contributed by atoms with van der Waals surface area (Å²) >= 11 is 0. The van der Waals surface area contributed by atoms with E-state index in [9.17, 15) is 23.1 Å². The Kier molecular flexibility index (Phi) is 7.79. The molecule has 9 nitrogen and oxygen atoms in total. The van der Waals surface area contributed by atoms with Gasteiger partial charge in [-0.25, -0.2) is 13.2 Å². The van der Waals surface area contributed by atoms with E-state index in [1.165, 1.54) is 11.0 Å². The van der Waals surface area contributed by atoms with Crippen molar-refractivity contribution in [1.82, 2.24) is 9.62 Å². The fourth-order valence-corrected chi connectivity index (χ4v) is 5.99. The molecule has 1 fully saturated rings. The fourth-order valence-electron chi connectivity index (χ4n) is 4.54. The third-order valence-electron chi connectivity index (χ3n) is 6.32. The molecule has 0 saturated carbocycles. The Hall–Kier alpha value is -2.17. The van der Waals surface area contributed by atoms with Crippen LogP contribution in [0.1, 0.15) is 45.1 Å². The molecule has 2 heterocycles. The van der Waals surface area contributed by atoms with Gasteiger partial charge in [0, 0.05) is 13.1 Å². The number of nitrogens with zero attached hydrogens (tertiary/aromatic N) is 1. The number of nitrogens with one attached hydrogen (secondary N) is 2. The minimum absolute atomic E-state index is 0.106. The smallest absolute Gasteiger partial charge is 0.326 e. The van der Waals surface area contributed by atoms with Crippen LogP contribution >= 0.6 is 0 Å². The SMILES string of the molecule is C[C@@H]1CCN(C(=O)[C@H](CCCN)NS(=O)(=O)c2cccc3c2NC[C@H](C)C3)[C@@H](C(=O)O)C1. The van der Waals surface area contributed by atoms with Gasteiger partial charge >= 0.3 is 5.97 Å². The first-order chi connectivity index (χ1) is 15.1. The molecule has 3 rings (SSSR count). The van der Waals surface area contributed by atoms with E-state index in [1.807, 2.05) is 13.0 Å². The van der Waals surface area contributed by atoms with Gasteiger partial charge in [0.05, 0.1) is 5.69 Å². The highest BCUT2D eigenvalue weighted by molar-refractivity contribution is 7.89. The molecule has 0 aliphatic carbocycles. The molecule has 10 heteroatoms. The Morgan fingerprint density at radius 1 is 1.31 bits per heavy atom. The number of carboxylic acid groups (broad SMARTS) is 1. The molecule has 5 N–H and O–H groups in total. The molecule has 1 amide bonds. The van der Waals surface area contributed by atoms with Crippen molar-refractivity contribution in [1.29, 1.82) is 0 Å². The first kappa shape index (κ1) is 24.5. The van der Waals surface area contributed by atoms with Gasteiger partial charge in [-0.05, 0) is 62.1 Å². The van der Waals surface area contributed by atoms with Gasteiger partial charge in [-0.3, -0.25) is 4.79 Å². The van der Waals surface area contributed by atoms with E-state index < -0.39 is 34.0 Å². The highest BCUT2D eigenvalue weighted by Crippen LogP contribution is 2.31. The molecule has 1 aromatic rings. The van der Waals surface area contributed by atoms with E-state index in [-0.39, 0.29) is 23.8 Å². The van der Waals surface area contributed by atoms with Crippen LogP contribution in [0.3, 0.4) is 0 Å². The molecule has 1 aromatic carbocycles. The Bertz CT molecular complexity index is 952. The number of rotatable bonds is 8. The maximum absolute atomic E-state index is 13.3. The first-order valence-electron chi connectivity index (χ1n) is 11.3. The third kappa shape index (κ3) is 5.41. The largest absolute Gasteiger partial charge is 0.480 e. The Morgan fingerprint density at radius 3 is 2.75 bits per heavy atom. The van der Waals surface area contributed by atoms with Crippen LogP contribution < -0.4 is 15.8 Å². The van der Waals surface area contributed by atoms with Crippen molar-refractivity contribution in [2.45, 2.75) is 62.9 Å². The van der Waals surface area contributed by atoms with Crippen molar-refractivity contribution >= 4 is 27.6 Å². The van der Waals surface area contributed by atoms with Crippen LogP contribution in [0, 0.1) is 11.8 Å². The number of aliphatic carboxylic acids is 1. The van der Waals surface area contributed by atoms with E-state index in [4.69, 9.17) is 5.73 Å². The summed E-state index contributed by atoms with van der Waals surface area (Å²) in [5.74, 6) is -1.00. The van der Waals surface area contributed by atoms with Gasteiger partial charge in [-0.15, -0.1) is 0 Å². The lowest BCUT2D eigenvalue weighted by molar-refractivity contribution is -0.153. The average molecular weight is 467 g/mol. The number of likely N-dealkylation sites (tertiary alicyclic amines) is 1. The van der Waals surface area contributed by atoms with Crippen molar-refractivity contribution in [3.05, 3.63) is 23.8 Å². The number of amides is 1. The fraction of sp³-hybridized carbons (Fsp3) is 0.636. The minimum atomic E-state index is -4.03. The van der Waals surface area contributed by atoms with Crippen molar-refractivity contribution in [2.75, 3.05) is 25.0 Å². The number of carbonyl (C=O) groups is 2. The lowest BCUT2D eigenvalue weighted by atomic mass is 9.91. The summed E-state index contributed by atoms with van der Waals surface area (Å²) in [6.07, 6.45) is 2.44. The summed E-state index contributed by atoms with van der Waals surface area (Å²) in [4.78, 5) is 26.5. The van der Waals surface area contributed by atoms with Gasteiger partial charge in [0.2, 0.25) is 15.9 Å². The number of anilines is 1. The van der Waals surface area contributed by atoms with E-state index >= 15 is 0 Å². The molecule has 32 heavy (non-hydrogen) atoms. The third-order valence-corrected chi connectivity index (χ3v) is 7.84. The van der Waals surface area contributed by atoms with Crippen LogP contribution in [0.5, 0.6) is 0 Å². The van der Waals surface area contributed by atoms with Crippen molar-refractivity contribution in [2.24, 2.45) is 17.6 Å². The van der Waals surface area contributed by atoms with Gasteiger partial charge in [0.1, 0.15) is 17.0 Å². The highest BCUT2D eigenvalue weighted by Gasteiger charge is 2.39. The Morgan fingerprint density at radius 2 is 2.06 bits per heavy atom. The van der Waals surface area contributed by atoms with Crippen molar-refractivity contribution in [3.8, 4) is 0 Å². The molecular weight excluding hydrogens is 432 g/mol. The molecule has 4 atom stereocenters. The van der Waals surface area contributed by atoms with Crippen LogP contribution in [-0.2, 0) is 26.0 Å². The van der Waals surface area contributed by atoms with Crippen molar-refractivity contribution < 1.29 is 23.1 Å². The number of carboxylic acids is 1. The van der Waals surface area contributed by atoms with Crippen LogP contribution in [0.15, 0.2) is 23.1 Å². The van der Waals surface area contributed by atoms with Crippen LogP contribution in [0.2, 0.25) is 0 Å². The average Bonchev–Trinajstić information content (AvgIpc) is 2.75. The number of hydrogen-bond donors (Lipinski definition) is 4. The predicted molar refractivity (Wildman–Crippen MR) is 122 cm³/mol. The van der Waals surface area contributed by atoms with Gasteiger partial charge < -0.3 is 21.1 Å². The van der Waals surface area contributed by atoms with Crippen LogP contribution in [0.4, 0.5) is 5.69 Å². The standard InChI is InChI=1S/C22H34N4O5S/c1-14-8-10-26(18(12-14)22(28)29)21(27)17(6-4-9-23)25-32(30,31)19-7-3-5-16-11-15(2)13-24-20(16)19/h3,5,7,14-15,17-18,24-25H,4,6,8-13,23H2,1-2H3,(H,28,29)/t14-,15-,17+,18-/m1/s1. The topological polar surface area (TPSA) is 142 Å². The second-order valence-corrected chi connectivity index (χ2v) is 10.8. The van der Waals surface area contributed by atoms with E-state index in [0.717, 1.165) is 12.0 Å². The lowest BCUT2D eigenvalue weighted by Crippen LogP contribution is -2.56. The molecule has 178 valence electrons. The Labute approximate surface area is 189 Å². The minimum Gasteiger partial charge on any atom is -0.480 e. The van der Waals surface area contributed by atoms with Gasteiger partial charge in [-0.2, -0.15) is 4.72 Å². The quantitative estimate of drug-likeness (QED) is 0.453. The maximum Gasteiger partial charge on any atom is 0.326 e. The van der Waals surface area contributed by atoms with E-state index in [2.05, 4.69) is 17.0 Å². The molecule has 0 radical (unpaired) electrons. The normalized spacial score (nSPS) is 24.3. The number of hydrogen-bond acceptors (Lipinski definition) is 6.